The van der Waals surface area contributed by atoms with Gasteiger partial charge in [-0.15, -0.1) is 0 Å². The molecular formula is C23H36O3. The molecule has 0 saturated heterocycles. The number of rotatable bonds is 7. The second-order valence-corrected chi connectivity index (χ2v) is 8.75. The Labute approximate surface area is 159 Å². The molecule has 1 atom stereocenters. The number of methoxy groups -OCH3 is 1. The lowest BCUT2D eigenvalue weighted by Gasteiger charge is -2.32. The highest BCUT2D eigenvalue weighted by Gasteiger charge is 2.33. The maximum atomic E-state index is 10.9. The van der Waals surface area contributed by atoms with Crippen molar-refractivity contribution in [2.75, 3.05) is 7.11 Å². The van der Waals surface area contributed by atoms with E-state index in [1.54, 1.807) is 13.0 Å². The van der Waals surface area contributed by atoms with Crippen LogP contribution in [-0.2, 0) is 5.41 Å². The fourth-order valence-electron chi connectivity index (χ4n) is 3.63. The van der Waals surface area contributed by atoms with Crippen LogP contribution >= 0.6 is 0 Å². The summed E-state index contributed by atoms with van der Waals surface area (Å²) in [5.74, 6) is 0.530. The molecule has 0 aromatic heterocycles. The van der Waals surface area contributed by atoms with Gasteiger partial charge in [0, 0.05) is 22.1 Å². The summed E-state index contributed by atoms with van der Waals surface area (Å²) in [6.45, 7) is 18.7. The van der Waals surface area contributed by atoms with Crippen LogP contribution in [0.2, 0.25) is 0 Å². The molecule has 26 heavy (non-hydrogen) atoms. The molecule has 0 saturated carbocycles. The molecule has 2 N–H and O–H groups in total. The normalized spacial score (nSPS) is 14.8. The highest BCUT2D eigenvalue weighted by Crippen LogP contribution is 2.49. The summed E-state index contributed by atoms with van der Waals surface area (Å²) >= 11 is 0. The molecule has 146 valence electrons. The van der Waals surface area contributed by atoms with Gasteiger partial charge in [0.05, 0.1) is 7.11 Å². The van der Waals surface area contributed by atoms with E-state index in [9.17, 15) is 10.2 Å². The van der Waals surface area contributed by atoms with Crippen LogP contribution in [0.3, 0.4) is 0 Å². The highest BCUT2D eigenvalue weighted by atomic mass is 16.5. The van der Waals surface area contributed by atoms with E-state index in [0.717, 1.165) is 24.8 Å². The Morgan fingerprint density at radius 1 is 1.15 bits per heavy atom. The third kappa shape index (κ3) is 4.63. The maximum Gasteiger partial charge on any atom is 0.167 e. The molecule has 1 aromatic rings. The Hall–Kier alpha value is -1.90. The summed E-state index contributed by atoms with van der Waals surface area (Å²) in [5, 5.41) is 21.5. The molecule has 0 amide bonds. The number of phenolic OH excluding ortho intramolecular Hbond substituents is 2. The van der Waals surface area contributed by atoms with Crippen LogP contribution in [0.5, 0.6) is 17.2 Å². The monoisotopic (exact) mass is 360 g/mol. The van der Waals surface area contributed by atoms with E-state index in [1.165, 1.54) is 12.7 Å². The van der Waals surface area contributed by atoms with Gasteiger partial charge in [-0.3, -0.25) is 0 Å². The molecule has 1 unspecified atom stereocenters. The van der Waals surface area contributed by atoms with Crippen LogP contribution in [0.15, 0.2) is 18.2 Å². The number of aromatic hydroxyl groups is 2. The van der Waals surface area contributed by atoms with E-state index in [0.29, 0.717) is 16.9 Å². The zero-order valence-corrected chi connectivity index (χ0v) is 17.8. The molecule has 0 aliphatic heterocycles. The molecule has 0 bridgehead atoms. The summed E-state index contributed by atoms with van der Waals surface area (Å²) in [4.78, 5) is 0. The van der Waals surface area contributed by atoms with Crippen LogP contribution in [-0.4, -0.2) is 17.3 Å². The summed E-state index contributed by atoms with van der Waals surface area (Å²) in [7, 11) is 1.49. The number of phenols is 2. The molecule has 1 rings (SSSR count). The Morgan fingerprint density at radius 3 is 2.15 bits per heavy atom. The molecule has 0 heterocycles. The van der Waals surface area contributed by atoms with Crippen molar-refractivity contribution in [3.63, 3.8) is 0 Å². The van der Waals surface area contributed by atoms with Crippen LogP contribution < -0.4 is 4.74 Å². The lowest BCUT2D eigenvalue weighted by atomic mass is 9.73. The van der Waals surface area contributed by atoms with E-state index in [2.05, 4.69) is 54.2 Å². The molecular weight excluding hydrogens is 324 g/mol. The van der Waals surface area contributed by atoms with Gasteiger partial charge in [0.15, 0.2) is 11.5 Å². The molecule has 0 radical (unpaired) electrons. The Bertz CT molecular complexity index is 693. The molecule has 0 aliphatic carbocycles. The van der Waals surface area contributed by atoms with Gasteiger partial charge in [-0.05, 0) is 38.5 Å². The van der Waals surface area contributed by atoms with Gasteiger partial charge in [0.25, 0.3) is 0 Å². The summed E-state index contributed by atoms with van der Waals surface area (Å²) in [5.41, 5.74) is 3.11. The predicted molar refractivity (Wildman–Crippen MR) is 111 cm³/mol. The quantitative estimate of drug-likeness (QED) is 0.431. The highest BCUT2D eigenvalue weighted by molar-refractivity contribution is 5.72. The van der Waals surface area contributed by atoms with Gasteiger partial charge in [-0.1, -0.05) is 58.9 Å². The van der Waals surface area contributed by atoms with E-state index < -0.39 is 0 Å². The first-order chi connectivity index (χ1) is 11.9. The van der Waals surface area contributed by atoms with Gasteiger partial charge in [-0.2, -0.15) is 0 Å². The first kappa shape index (κ1) is 22.1. The Kier molecular flexibility index (Phi) is 6.98. The number of hydrogen-bond acceptors (Lipinski definition) is 3. The fraction of sp³-hybridized carbons (Fsp3) is 0.565. The third-order valence-electron chi connectivity index (χ3n) is 5.17. The number of ether oxygens (including phenoxy) is 1. The van der Waals surface area contributed by atoms with Crippen molar-refractivity contribution in [2.45, 2.75) is 73.1 Å². The van der Waals surface area contributed by atoms with Crippen LogP contribution in [0.1, 0.15) is 77.5 Å². The first-order valence-corrected chi connectivity index (χ1v) is 9.32. The van der Waals surface area contributed by atoms with Crippen LogP contribution in [0, 0.1) is 12.3 Å². The minimum absolute atomic E-state index is 0.0443. The number of benzene rings is 1. The Balaban J connectivity index is 3.49. The number of hydrogen-bond donors (Lipinski definition) is 2. The minimum Gasteiger partial charge on any atom is -0.507 e. The lowest BCUT2D eigenvalue weighted by molar-refractivity contribution is 0.354. The third-order valence-corrected chi connectivity index (χ3v) is 5.17. The second-order valence-electron chi connectivity index (χ2n) is 8.75. The number of allylic oxidation sites excluding steroid dienone is 2. The van der Waals surface area contributed by atoms with Crippen molar-refractivity contribution < 1.29 is 14.9 Å². The van der Waals surface area contributed by atoms with E-state index in [-0.39, 0.29) is 22.3 Å². The predicted octanol–water partition coefficient (Wildman–Crippen LogP) is 6.50. The van der Waals surface area contributed by atoms with Gasteiger partial charge < -0.3 is 14.9 Å². The smallest absolute Gasteiger partial charge is 0.167 e. The summed E-state index contributed by atoms with van der Waals surface area (Å²) in [6, 6.07) is 0. The molecule has 0 spiro atoms. The molecule has 0 fully saturated rings. The van der Waals surface area contributed by atoms with Crippen molar-refractivity contribution in [1.29, 1.82) is 0 Å². The molecule has 1 aromatic carbocycles. The average molecular weight is 361 g/mol. The van der Waals surface area contributed by atoms with Crippen molar-refractivity contribution in [3.05, 3.63) is 34.9 Å². The van der Waals surface area contributed by atoms with E-state index in [4.69, 9.17) is 4.74 Å². The topological polar surface area (TPSA) is 49.7 Å². The maximum absolute atomic E-state index is 10.9. The molecule has 3 nitrogen and oxygen atoms in total. The summed E-state index contributed by atoms with van der Waals surface area (Å²) in [6.07, 6.45) is 6.50. The zero-order valence-electron chi connectivity index (χ0n) is 17.8. The Morgan fingerprint density at radius 2 is 1.73 bits per heavy atom. The van der Waals surface area contributed by atoms with Crippen LogP contribution in [0.25, 0.3) is 6.08 Å². The van der Waals surface area contributed by atoms with Crippen LogP contribution in [0.4, 0.5) is 0 Å². The zero-order chi connectivity index (χ0) is 20.3. The minimum atomic E-state index is -0.318. The van der Waals surface area contributed by atoms with Gasteiger partial charge in [-0.25, -0.2) is 0 Å². The lowest BCUT2D eigenvalue weighted by Crippen LogP contribution is -2.22. The largest absolute Gasteiger partial charge is 0.507 e. The second kappa shape index (κ2) is 8.20. The van der Waals surface area contributed by atoms with Gasteiger partial charge in [0.1, 0.15) is 5.75 Å². The summed E-state index contributed by atoms with van der Waals surface area (Å²) < 4.78 is 5.28. The van der Waals surface area contributed by atoms with E-state index in [1.807, 2.05) is 0 Å². The SMILES string of the molecule is C=Cc1c(O)c(OC)c(C)c(O)c1C(C)(CC)CC=C(C)CC(C)(C)C. The first-order valence-electron chi connectivity index (χ1n) is 9.32. The average Bonchev–Trinajstić information content (AvgIpc) is 2.54. The van der Waals surface area contributed by atoms with Crippen molar-refractivity contribution in [1.82, 2.24) is 0 Å². The van der Waals surface area contributed by atoms with Gasteiger partial charge in [0.2, 0.25) is 0 Å². The van der Waals surface area contributed by atoms with Crippen molar-refractivity contribution >= 4 is 6.08 Å². The van der Waals surface area contributed by atoms with Crippen molar-refractivity contribution in [2.24, 2.45) is 5.41 Å². The van der Waals surface area contributed by atoms with Gasteiger partial charge >= 0.3 is 0 Å². The molecule has 0 aliphatic rings. The molecule has 3 heteroatoms. The fourth-order valence-corrected chi connectivity index (χ4v) is 3.63. The van der Waals surface area contributed by atoms with Crippen molar-refractivity contribution in [3.8, 4) is 17.2 Å². The van der Waals surface area contributed by atoms with E-state index >= 15 is 0 Å². The standard InChI is InChI=1S/C23H36O3/c1-10-17-18(19(24)16(4)21(26-9)20(17)25)23(8,11-2)13-12-15(3)14-22(5,6)7/h10,12,24-25H,1,11,13-14H2,2-9H3.